The van der Waals surface area contributed by atoms with E-state index in [0.717, 1.165) is 47.8 Å². The Balaban J connectivity index is 1.48. The molecular weight excluding hydrogens is 364 g/mol. The number of allylic oxidation sites excluding steroid dienone is 4. The van der Waals surface area contributed by atoms with Crippen LogP contribution in [0.3, 0.4) is 0 Å². The van der Waals surface area contributed by atoms with Crippen molar-refractivity contribution in [1.82, 2.24) is 0 Å². The Labute approximate surface area is 186 Å². The molecular formula is C29H46O. The highest BCUT2D eigenvalue weighted by atomic mass is 16.1. The summed E-state index contributed by atoms with van der Waals surface area (Å²) in [5.74, 6) is 6.23. The SMILES string of the molecule is CCC(CCC(C)C1CCC2C3CCC4=CC(=O)C=CC4(C)C3CCC12C)C(C)C. The molecule has 0 aromatic carbocycles. The van der Waals surface area contributed by atoms with Gasteiger partial charge >= 0.3 is 0 Å². The minimum atomic E-state index is 0.146. The largest absolute Gasteiger partial charge is 0.290 e. The zero-order valence-corrected chi connectivity index (χ0v) is 20.5. The van der Waals surface area contributed by atoms with Gasteiger partial charge in [0.15, 0.2) is 5.78 Å². The summed E-state index contributed by atoms with van der Waals surface area (Å²) in [7, 11) is 0. The molecule has 0 aromatic heterocycles. The smallest absolute Gasteiger partial charge is 0.178 e. The molecule has 8 atom stereocenters. The number of rotatable bonds is 6. The Morgan fingerprint density at radius 1 is 1.03 bits per heavy atom. The molecule has 30 heavy (non-hydrogen) atoms. The lowest BCUT2D eigenvalue weighted by atomic mass is 9.47. The van der Waals surface area contributed by atoms with Crippen molar-refractivity contribution in [2.75, 3.05) is 0 Å². The van der Waals surface area contributed by atoms with E-state index in [1.54, 1.807) is 0 Å². The Hall–Kier alpha value is -0.850. The zero-order valence-electron chi connectivity index (χ0n) is 20.5. The molecule has 0 aliphatic heterocycles. The Kier molecular flexibility index (Phi) is 6.15. The maximum Gasteiger partial charge on any atom is 0.178 e. The molecule has 3 fully saturated rings. The third-order valence-corrected chi connectivity index (χ3v) is 10.8. The van der Waals surface area contributed by atoms with E-state index in [1.165, 1.54) is 56.9 Å². The van der Waals surface area contributed by atoms with Crippen LogP contribution in [-0.4, -0.2) is 5.78 Å². The Morgan fingerprint density at radius 3 is 2.50 bits per heavy atom. The van der Waals surface area contributed by atoms with Crippen LogP contribution in [-0.2, 0) is 4.79 Å². The predicted octanol–water partition coefficient (Wildman–Crippen LogP) is 8.01. The number of ketones is 1. The van der Waals surface area contributed by atoms with Crippen molar-refractivity contribution in [3.63, 3.8) is 0 Å². The summed E-state index contributed by atoms with van der Waals surface area (Å²) in [5, 5.41) is 0. The van der Waals surface area contributed by atoms with Crippen molar-refractivity contribution >= 4 is 5.78 Å². The van der Waals surface area contributed by atoms with E-state index >= 15 is 0 Å². The molecule has 4 aliphatic rings. The number of hydrogen-bond acceptors (Lipinski definition) is 1. The van der Waals surface area contributed by atoms with E-state index in [0.29, 0.717) is 5.41 Å². The van der Waals surface area contributed by atoms with Gasteiger partial charge in [-0.25, -0.2) is 0 Å². The van der Waals surface area contributed by atoms with Crippen LogP contribution in [0.4, 0.5) is 0 Å². The van der Waals surface area contributed by atoms with E-state index in [4.69, 9.17) is 0 Å². The lowest BCUT2D eigenvalue weighted by molar-refractivity contribution is -0.111. The highest BCUT2D eigenvalue weighted by Crippen LogP contribution is 2.67. The Bertz CT molecular complexity index is 714. The quantitative estimate of drug-likeness (QED) is 0.433. The van der Waals surface area contributed by atoms with Crippen LogP contribution in [0.2, 0.25) is 0 Å². The minimum Gasteiger partial charge on any atom is -0.290 e. The first-order chi connectivity index (χ1) is 14.2. The first kappa shape index (κ1) is 22.3. The van der Waals surface area contributed by atoms with Gasteiger partial charge in [-0.05, 0) is 104 Å². The molecule has 3 saturated carbocycles. The summed E-state index contributed by atoms with van der Waals surface area (Å²) in [6.07, 6.45) is 18.4. The van der Waals surface area contributed by atoms with Crippen molar-refractivity contribution in [1.29, 1.82) is 0 Å². The molecule has 1 heteroatoms. The van der Waals surface area contributed by atoms with Crippen molar-refractivity contribution < 1.29 is 4.79 Å². The average molecular weight is 411 g/mol. The van der Waals surface area contributed by atoms with Crippen molar-refractivity contribution in [2.24, 2.45) is 52.3 Å². The number of carbonyl (C=O) groups is 1. The summed E-state index contributed by atoms with van der Waals surface area (Å²) in [5.41, 5.74) is 2.13. The van der Waals surface area contributed by atoms with Gasteiger partial charge in [0.25, 0.3) is 0 Å². The molecule has 4 rings (SSSR count). The molecule has 0 spiro atoms. The summed E-state index contributed by atoms with van der Waals surface area (Å²) >= 11 is 0. The molecule has 0 saturated heterocycles. The predicted molar refractivity (Wildman–Crippen MR) is 127 cm³/mol. The number of hydrogen-bond donors (Lipinski definition) is 0. The highest BCUT2D eigenvalue weighted by molar-refractivity contribution is 6.01. The van der Waals surface area contributed by atoms with E-state index < -0.39 is 0 Å². The third kappa shape index (κ3) is 3.57. The minimum absolute atomic E-state index is 0.146. The standard InChI is InChI=1S/C29H46O/c1-7-21(19(2)3)9-8-20(4)25-12-13-26-24-11-10-22-18-23(30)14-16-28(22,5)27(24)15-17-29(25,26)6/h14,16,18-21,24-27H,7-13,15,17H2,1-6H3. The van der Waals surface area contributed by atoms with Crippen molar-refractivity contribution in [2.45, 2.75) is 99.3 Å². The van der Waals surface area contributed by atoms with Crippen LogP contribution in [0.15, 0.2) is 23.8 Å². The molecule has 1 nitrogen and oxygen atoms in total. The van der Waals surface area contributed by atoms with Gasteiger partial charge in [0.2, 0.25) is 0 Å². The van der Waals surface area contributed by atoms with Crippen LogP contribution in [0, 0.1) is 52.3 Å². The zero-order chi connectivity index (χ0) is 21.7. The second-order valence-electron chi connectivity index (χ2n) is 12.3. The van der Waals surface area contributed by atoms with Gasteiger partial charge in [-0.3, -0.25) is 4.79 Å². The number of carbonyl (C=O) groups excluding carboxylic acids is 1. The molecule has 0 heterocycles. The van der Waals surface area contributed by atoms with Crippen LogP contribution in [0.1, 0.15) is 99.3 Å². The molecule has 0 bridgehead atoms. The second kappa shape index (κ2) is 8.25. The fraction of sp³-hybridized carbons (Fsp3) is 0.828. The lowest BCUT2D eigenvalue weighted by Gasteiger charge is -2.57. The van der Waals surface area contributed by atoms with Gasteiger partial charge in [0.05, 0.1) is 0 Å². The van der Waals surface area contributed by atoms with E-state index in [2.05, 4.69) is 47.6 Å². The topological polar surface area (TPSA) is 17.1 Å². The molecule has 0 amide bonds. The van der Waals surface area contributed by atoms with E-state index in [1.807, 2.05) is 12.2 Å². The van der Waals surface area contributed by atoms with E-state index in [9.17, 15) is 4.79 Å². The molecule has 168 valence electrons. The normalized spacial score (nSPS) is 42.4. The summed E-state index contributed by atoms with van der Waals surface area (Å²) in [4.78, 5) is 12.0. The van der Waals surface area contributed by atoms with Gasteiger partial charge in [-0.1, -0.05) is 66.0 Å². The van der Waals surface area contributed by atoms with Gasteiger partial charge in [-0.15, -0.1) is 0 Å². The highest BCUT2D eigenvalue weighted by Gasteiger charge is 2.58. The fourth-order valence-corrected chi connectivity index (χ4v) is 8.86. The monoisotopic (exact) mass is 410 g/mol. The first-order valence-electron chi connectivity index (χ1n) is 13.1. The van der Waals surface area contributed by atoms with Crippen molar-refractivity contribution in [3.8, 4) is 0 Å². The van der Waals surface area contributed by atoms with Crippen LogP contribution >= 0.6 is 0 Å². The molecule has 0 N–H and O–H groups in total. The molecule has 0 radical (unpaired) electrons. The second-order valence-corrected chi connectivity index (χ2v) is 12.3. The molecule has 4 aliphatic carbocycles. The maximum atomic E-state index is 12.0. The van der Waals surface area contributed by atoms with Gasteiger partial charge in [-0.2, -0.15) is 0 Å². The van der Waals surface area contributed by atoms with Gasteiger partial charge in [0, 0.05) is 5.41 Å². The van der Waals surface area contributed by atoms with Crippen LogP contribution in [0.25, 0.3) is 0 Å². The average Bonchev–Trinajstić information content (AvgIpc) is 3.06. The molecule has 0 aromatic rings. The fourth-order valence-electron chi connectivity index (χ4n) is 8.86. The van der Waals surface area contributed by atoms with Gasteiger partial charge < -0.3 is 0 Å². The lowest BCUT2D eigenvalue weighted by Crippen LogP contribution is -2.50. The summed E-state index contributed by atoms with van der Waals surface area (Å²) in [6.45, 7) is 14.9. The maximum absolute atomic E-state index is 12.0. The summed E-state index contributed by atoms with van der Waals surface area (Å²) in [6, 6.07) is 0. The first-order valence-corrected chi connectivity index (χ1v) is 13.1. The van der Waals surface area contributed by atoms with Crippen LogP contribution in [0.5, 0.6) is 0 Å². The summed E-state index contributed by atoms with van der Waals surface area (Å²) < 4.78 is 0. The number of fused-ring (bicyclic) bond motifs is 5. The van der Waals surface area contributed by atoms with E-state index in [-0.39, 0.29) is 11.2 Å². The molecule has 8 unspecified atom stereocenters. The Morgan fingerprint density at radius 2 is 1.80 bits per heavy atom. The third-order valence-electron chi connectivity index (χ3n) is 10.8. The van der Waals surface area contributed by atoms with Crippen LogP contribution < -0.4 is 0 Å². The van der Waals surface area contributed by atoms with Gasteiger partial charge in [0.1, 0.15) is 0 Å². The van der Waals surface area contributed by atoms with Crippen molar-refractivity contribution in [3.05, 3.63) is 23.8 Å².